The van der Waals surface area contributed by atoms with E-state index in [9.17, 15) is 0 Å². The quantitative estimate of drug-likeness (QED) is 0.645. The summed E-state index contributed by atoms with van der Waals surface area (Å²) >= 11 is 0. The lowest BCUT2D eigenvalue weighted by molar-refractivity contribution is 0.190. The van der Waals surface area contributed by atoms with Gasteiger partial charge in [-0.05, 0) is 18.3 Å². The molecule has 0 aliphatic carbocycles. The van der Waals surface area contributed by atoms with Crippen LogP contribution in [0.1, 0.15) is 40.5 Å². The molecular formula is C11H25NO. The van der Waals surface area contributed by atoms with Crippen molar-refractivity contribution < 1.29 is 4.74 Å². The maximum atomic E-state index is 5.00. The number of rotatable bonds is 6. The molecule has 0 aromatic carbocycles. The second-order valence-corrected chi connectivity index (χ2v) is 4.82. The van der Waals surface area contributed by atoms with Crippen LogP contribution >= 0.6 is 0 Å². The van der Waals surface area contributed by atoms with E-state index in [0.29, 0.717) is 11.5 Å². The van der Waals surface area contributed by atoms with Crippen LogP contribution in [0.3, 0.4) is 0 Å². The molecule has 0 heterocycles. The van der Waals surface area contributed by atoms with Crippen LogP contribution in [-0.2, 0) is 4.74 Å². The Balaban J connectivity index is 3.63. The molecule has 0 bridgehead atoms. The van der Waals surface area contributed by atoms with E-state index in [2.05, 4.69) is 33.0 Å². The van der Waals surface area contributed by atoms with Crippen LogP contribution in [-0.4, -0.2) is 26.3 Å². The molecule has 0 spiro atoms. The molecule has 2 heteroatoms. The van der Waals surface area contributed by atoms with Crippen LogP contribution in [0, 0.1) is 5.41 Å². The van der Waals surface area contributed by atoms with E-state index in [0.717, 1.165) is 13.2 Å². The van der Waals surface area contributed by atoms with Gasteiger partial charge in [0.05, 0.1) is 6.61 Å². The van der Waals surface area contributed by atoms with Crippen molar-refractivity contribution in [3.63, 3.8) is 0 Å². The maximum Gasteiger partial charge on any atom is 0.0587 e. The largest absolute Gasteiger partial charge is 0.383 e. The number of hydrogen-bond donors (Lipinski definition) is 1. The standard InChI is InChI=1S/C11H25NO/c1-6-10(9-11(2,3)4)12-7-8-13-5/h10,12H,6-9H2,1-5H3/t10-/m1/s1. The fourth-order valence-electron chi connectivity index (χ4n) is 1.47. The van der Waals surface area contributed by atoms with Crippen molar-refractivity contribution in [3.8, 4) is 0 Å². The van der Waals surface area contributed by atoms with Gasteiger partial charge < -0.3 is 10.1 Å². The van der Waals surface area contributed by atoms with Gasteiger partial charge in [-0.25, -0.2) is 0 Å². The highest BCUT2D eigenvalue weighted by Crippen LogP contribution is 2.21. The summed E-state index contributed by atoms with van der Waals surface area (Å²) in [6, 6.07) is 0.634. The minimum Gasteiger partial charge on any atom is -0.383 e. The number of ether oxygens (including phenoxy) is 1. The van der Waals surface area contributed by atoms with Gasteiger partial charge in [0, 0.05) is 19.7 Å². The molecule has 0 unspecified atom stereocenters. The van der Waals surface area contributed by atoms with E-state index < -0.39 is 0 Å². The Labute approximate surface area is 83.1 Å². The molecule has 1 atom stereocenters. The van der Waals surface area contributed by atoms with Crippen LogP contribution in [0.4, 0.5) is 0 Å². The summed E-state index contributed by atoms with van der Waals surface area (Å²) < 4.78 is 5.00. The van der Waals surface area contributed by atoms with Crippen LogP contribution in [0.25, 0.3) is 0 Å². The van der Waals surface area contributed by atoms with E-state index in [4.69, 9.17) is 4.74 Å². The van der Waals surface area contributed by atoms with Crippen molar-refractivity contribution >= 4 is 0 Å². The monoisotopic (exact) mass is 187 g/mol. The lowest BCUT2D eigenvalue weighted by Crippen LogP contribution is -2.34. The molecule has 0 radical (unpaired) electrons. The first-order valence-electron chi connectivity index (χ1n) is 5.22. The molecule has 2 nitrogen and oxygen atoms in total. The highest BCUT2D eigenvalue weighted by atomic mass is 16.5. The lowest BCUT2D eigenvalue weighted by Gasteiger charge is -2.26. The summed E-state index contributed by atoms with van der Waals surface area (Å²) in [5.74, 6) is 0. The molecule has 0 aliphatic heterocycles. The zero-order valence-electron chi connectivity index (χ0n) is 9.81. The normalized spacial score (nSPS) is 14.5. The average Bonchev–Trinajstić information content (AvgIpc) is 2.01. The minimum atomic E-state index is 0.417. The van der Waals surface area contributed by atoms with Gasteiger partial charge >= 0.3 is 0 Å². The maximum absolute atomic E-state index is 5.00. The Morgan fingerprint density at radius 1 is 1.31 bits per heavy atom. The van der Waals surface area contributed by atoms with E-state index in [1.165, 1.54) is 12.8 Å². The summed E-state index contributed by atoms with van der Waals surface area (Å²) in [6.07, 6.45) is 2.42. The Morgan fingerprint density at radius 2 is 1.92 bits per heavy atom. The molecule has 0 saturated heterocycles. The van der Waals surface area contributed by atoms with Crippen molar-refractivity contribution in [2.75, 3.05) is 20.3 Å². The third kappa shape index (κ3) is 8.26. The first kappa shape index (κ1) is 12.9. The zero-order valence-corrected chi connectivity index (χ0v) is 9.81. The Hall–Kier alpha value is -0.0800. The third-order valence-electron chi connectivity index (χ3n) is 2.09. The number of hydrogen-bond acceptors (Lipinski definition) is 2. The molecule has 1 N–H and O–H groups in total. The SMILES string of the molecule is CC[C@H](CC(C)(C)C)NCCOC. The molecular weight excluding hydrogens is 162 g/mol. The summed E-state index contributed by atoms with van der Waals surface area (Å²) in [4.78, 5) is 0. The van der Waals surface area contributed by atoms with E-state index in [1.54, 1.807) is 7.11 Å². The van der Waals surface area contributed by atoms with Crippen LogP contribution < -0.4 is 5.32 Å². The van der Waals surface area contributed by atoms with Crippen LogP contribution in [0.15, 0.2) is 0 Å². The van der Waals surface area contributed by atoms with Gasteiger partial charge in [0.25, 0.3) is 0 Å². The molecule has 0 rings (SSSR count). The smallest absolute Gasteiger partial charge is 0.0587 e. The van der Waals surface area contributed by atoms with E-state index in [-0.39, 0.29) is 0 Å². The second kappa shape index (κ2) is 6.39. The van der Waals surface area contributed by atoms with Crippen molar-refractivity contribution in [2.45, 2.75) is 46.6 Å². The summed E-state index contributed by atoms with van der Waals surface area (Å²) in [6.45, 7) is 10.9. The third-order valence-corrected chi connectivity index (χ3v) is 2.09. The Bertz CT molecular complexity index is 118. The van der Waals surface area contributed by atoms with Gasteiger partial charge in [-0.2, -0.15) is 0 Å². The van der Waals surface area contributed by atoms with Crippen LogP contribution in [0.5, 0.6) is 0 Å². The molecule has 0 amide bonds. The van der Waals surface area contributed by atoms with Gasteiger partial charge in [0.1, 0.15) is 0 Å². The molecule has 80 valence electrons. The average molecular weight is 187 g/mol. The topological polar surface area (TPSA) is 21.3 Å². The van der Waals surface area contributed by atoms with Crippen molar-refractivity contribution in [3.05, 3.63) is 0 Å². The van der Waals surface area contributed by atoms with E-state index in [1.807, 2.05) is 0 Å². The summed E-state index contributed by atoms with van der Waals surface area (Å²) in [5, 5.41) is 3.50. The second-order valence-electron chi connectivity index (χ2n) is 4.82. The van der Waals surface area contributed by atoms with E-state index >= 15 is 0 Å². The minimum absolute atomic E-state index is 0.417. The highest BCUT2D eigenvalue weighted by molar-refractivity contribution is 4.73. The zero-order chi connectivity index (χ0) is 10.3. The molecule has 0 aromatic rings. The van der Waals surface area contributed by atoms with Gasteiger partial charge in [-0.1, -0.05) is 27.7 Å². The Morgan fingerprint density at radius 3 is 2.31 bits per heavy atom. The predicted octanol–water partition coefficient (Wildman–Crippen LogP) is 2.44. The number of nitrogens with one attached hydrogen (secondary N) is 1. The van der Waals surface area contributed by atoms with Crippen molar-refractivity contribution in [1.82, 2.24) is 5.32 Å². The molecule has 13 heavy (non-hydrogen) atoms. The predicted molar refractivity (Wildman–Crippen MR) is 58.0 cm³/mol. The fraction of sp³-hybridized carbons (Fsp3) is 1.00. The summed E-state index contributed by atoms with van der Waals surface area (Å²) in [7, 11) is 1.74. The molecule has 0 aromatic heterocycles. The van der Waals surface area contributed by atoms with Crippen molar-refractivity contribution in [2.24, 2.45) is 5.41 Å². The van der Waals surface area contributed by atoms with Crippen LogP contribution in [0.2, 0.25) is 0 Å². The molecule has 0 aliphatic rings. The number of methoxy groups -OCH3 is 1. The Kier molecular flexibility index (Phi) is 6.35. The highest BCUT2D eigenvalue weighted by Gasteiger charge is 2.16. The van der Waals surface area contributed by atoms with Gasteiger partial charge in [0.15, 0.2) is 0 Å². The lowest BCUT2D eigenvalue weighted by atomic mass is 9.87. The fourth-order valence-corrected chi connectivity index (χ4v) is 1.47. The molecule has 0 saturated carbocycles. The van der Waals surface area contributed by atoms with Gasteiger partial charge in [-0.15, -0.1) is 0 Å². The first-order chi connectivity index (χ1) is 5.99. The first-order valence-corrected chi connectivity index (χ1v) is 5.22. The van der Waals surface area contributed by atoms with Gasteiger partial charge in [-0.3, -0.25) is 0 Å². The van der Waals surface area contributed by atoms with Gasteiger partial charge in [0.2, 0.25) is 0 Å². The van der Waals surface area contributed by atoms with Crippen molar-refractivity contribution in [1.29, 1.82) is 0 Å². The summed E-state index contributed by atoms with van der Waals surface area (Å²) in [5.41, 5.74) is 0.417. The molecule has 0 fully saturated rings.